The van der Waals surface area contributed by atoms with E-state index in [-0.39, 0.29) is 11.8 Å². The number of nitrogens with one attached hydrogen (secondary N) is 1. The van der Waals surface area contributed by atoms with Gasteiger partial charge in [-0.1, -0.05) is 12.8 Å². The molecular formula is C24H45N5O3S. The lowest BCUT2D eigenvalue weighted by Crippen LogP contribution is -2.51. The van der Waals surface area contributed by atoms with Crippen molar-refractivity contribution in [1.29, 1.82) is 0 Å². The lowest BCUT2D eigenvalue weighted by Gasteiger charge is -2.40. The minimum Gasteiger partial charge on any atom is -0.356 e. The third-order valence-electron chi connectivity index (χ3n) is 8.14. The molecule has 0 aliphatic carbocycles. The zero-order valence-corrected chi connectivity index (χ0v) is 21.2. The normalized spacial score (nSPS) is 28.1. The van der Waals surface area contributed by atoms with Gasteiger partial charge in [-0.2, -0.15) is 17.0 Å². The van der Waals surface area contributed by atoms with Gasteiger partial charge in [-0.3, -0.25) is 4.79 Å². The summed E-state index contributed by atoms with van der Waals surface area (Å²) in [5, 5.41) is 3.10. The first-order valence-corrected chi connectivity index (χ1v) is 14.9. The zero-order valence-electron chi connectivity index (χ0n) is 20.4. The fourth-order valence-electron chi connectivity index (χ4n) is 6.08. The molecule has 0 unspecified atom stereocenters. The molecule has 1 amide bonds. The lowest BCUT2D eigenvalue weighted by molar-refractivity contribution is -0.126. The number of carbonyl (C=O) groups is 1. The van der Waals surface area contributed by atoms with Crippen LogP contribution in [0.4, 0.5) is 0 Å². The molecule has 0 aromatic heterocycles. The predicted octanol–water partition coefficient (Wildman–Crippen LogP) is 1.89. The highest BCUT2D eigenvalue weighted by Gasteiger charge is 2.36. The highest BCUT2D eigenvalue weighted by atomic mass is 32.2. The number of carbonyl (C=O) groups excluding carboxylic acids is 1. The highest BCUT2D eigenvalue weighted by Crippen LogP contribution is 2.24. The van der Waals surface area contributed by atoms with E-state index in [1.807, 2.05) is 0 Å². The van der Waals surface area contributed by atoms with Crippen molar-refractivity contribution in [1.82, 2.24) is 23.7 Å². The first-order chi connectivity index (χ1) is 16.0. The SMILES string of the molecule is O=C(NCCCN1CCC(N2CCCCC2)CC1)[C@H]1CCCN(S(=O)(=O)N2CCCCC2)C1. The monoisotopic (exact) mass is 483 g/mol. The van der Waals surface area contributed by atoms with E-state index in [2.05, 4.69) is 15.1 Å². The Morgan fingerprint density at radius 1 is 0.758 bits per heavy atom. The maximum absolute atomic E-state index is 13.0. The van der Waals surface area contributed by atoms with E-state index in [4.69, 9.17) is 0 Å². The van der Waals surface area contributed by atoms with Crippen LogP contribution in [0.25, 0.3) is 0 Å². The van der Waals surface area contributed by atoms with Crippen LogP contribution in [0.15, 0.2) is 0 Å². The molecule has 1 N–H and O–H groups in total. The molecule has 4 fully saturated rings. The van der Waals surface area contributed by atoms with Gasteiger partial charge in [-0.05, 0) is 90.5 Å². The summed E-state index contributed by atoms with van der Waals surface area (Å²) in [6.45, 7) is 8.72. The minimum atomic E-state index is -3.43. The van der Waals surface area contributed by atoms with E-state index in [0.717, 1.165) is 51.1 Å². The Bertz CT molecular complexity index is 714. The van der Waals surface area contributed by atoms with Crippen molar-refractivity contribution in [3.8, 4) is 0 Å². The maximum Gasteiger partial charge on any atom is 0.281 e. The van der Waals surface area contributed by atoms with E-state index in [1.165, 1.54) is 58.3 Å². The van der Waals surface area contributed by atoms with E-state index in [0.29, 0.717) is 32.7 Å². The molecule has 0 aromatic carbocycles. The van der Waals surface area contributed by atoms with Crippen LogP contribution in [-0.4, -0.2) is 104 Å². The molecule has 4 rings (SSSR count). The summed E-state index contributed by atoms with van der Waals surface area (Å²) in [6.07, 6.45) is 12.2. The van der Waals surface area contributed by atoms with Crippen LogP contribution in [0, 0.1) is 5.92 Å². The van der Waals surface area contributed by atoms with Gasteiger partial charge in [-0.15, -0.1) is 0 Å². The van der Waals surface area contributed by atoms with Gasteiger partial charge in [0.15, 0.2) is 0 Å². The van der Waals surface area contributed by atoms with Crippen LogP contribution < -0.4 is 5.32 Å². The number of rotatable bonds is 8. The Hall–Kier alpha value is -0.740. The second kappa shape index (κ2) is 12.3. The van der Waals surface area contributed by atoms with Crippen molar-refractivity contribution in [3.63, 3.8) is 0 Å². The molecule has 4 aliphatic rings. The maximum atomic E-state index is 13.0. The molecule has 0 aromatic rings. The van der Waals surface area contributed by atoms with Crippen molar-refractivity contribution in [3.05, 3.63) is 0 Å². The topological polar surface area (TPSA) is 76.2 Å². The van der Waals surface area contributed by atoms with Crippen molar-refractivity contribution >= 4 is 16.1 Å². The summed E-state index contributed by atoms with van der Waals surface area (Å²) in [6, 6.07) is 0.775. The molecule has 4 aliphatic heterocycles. The van der Waals surface area contributed by atoms with Gasteiger partial charge in [0.2, 0.25) is 5.91 Å². The second-order valence-electron chi connectivity index (χ2n) is 10.5. The lowest BCUT2D eigenvalue weighted by atomic mass is 9.99. The number of piperidine rings is 4. The van der Waals surface area contributed by atoms with E-state index in [1.54, 1.807) is 8.61 Å². The standard InChI is InChI=1S/C24H45N5O3S/c30-24(22-9-7-18-29(21-22)33(31,32)28-16-5-2-6-17-28)25-12-8-13-26-19-10-23(11-20-26)27-14-3-1-4-15-27/h22-23H,1-21H2,(H,25,30)/t22-/m0/s1. The summed E-state index contributed by atoms with van der Waals surface area (Å²) >= 11 is 0. The smallest absolute Gasteiger partial charge is 0.281 e. The number of hydrogen-bond acceptors (Lipinski definition) is 5. The second-order valence-corrected chi connectivity index (χ2v) is 12.4. The molecule has 0 spiro atoms. The number of amides is 1. The average Bonchev–Trinajstić information content (AvgIpc) is 2.88. The van der Waals surface area contributed by atoms with Gasteiger partial charge in [0.05, 0.1) is 5.92 Å². The van der Waals surface area contributed by atoms with Crippen LogP contribution in [0.3, 0.4) is 0 Å². The summed E-state index contributed by atoms with van der Waals surface area (Å²) in [7, 11) is -3.43. The van der Waals surface area contributed by atoms with Gasteiger partial charge < -0.3 is 15.1 Å². The molecule has 9 heteroatoms. The number of likely N-dealkylation sites (tertiary alicyclic amines) is 2. The summed E-state index contributed by atoms with van der Waals surface area (Å²) in [4.78, 5) is 18.0. The molecule has 8 nitrogen and oxygen atoms in total. The first-order valence-electron chi connectivity index (χ1n) is 13.5. The molecule has 1 atom stereocenters. The summed E-state index contributed by atoms with van der Waals surface area (Å²) < 4.78 is 29.1. The first kappa shape index (κ1) is 25.4. The fourth-order valence-corrected chi connectivity index (χ4v) is 7.85. The quantitative estimate of drug-likeness (QED) is 0.534. The van der Waals surface area contributed by atoms with Crippen molar-refractivity contribution < 1.29 is 13.2 Å². The molecule has 0 radical (unpaired) electrons. The predicted molar refractivity (Wildman–Crippen MR) is 131 cm³/mol. The van der Waals surface area contributed by atoms with E-state index < -0.39 is 10.2 Å². The van der Waals surface area contributed by atoms with Crippen LogP contribution in [-0.2, 0) is 15.0 Å². The largest absolute Gasteiger partial charge is 0.356 e. The van der Waals surface area contributed by atoms with Gasteiger partial charge in [0, 0.05) is 38.8 Å². The Balaban J connectivity index is 1.13. The molecule has 0 saturated carbocycles. The Kier molecular flexibility index (Phi) is 9.44. The molecular weight excluding hydrogens is 438 g/mol. The third-order valence-corrected chi connectivity index (χ3v) is 10.1. The summed E-state index contributed by atoms with van der Waals surface area (Å²) in [5.41, 5.74) is 0. The highest BCUT2D eigenvalue weighted by molar-refractivity contribution is 7.86. The molecule has 33 heavy (non-hydrogen) atoms. The molecule has 0 bridgehead atoms. The average molecular weight is 484 g/mol. The van der Waals surface area contributed by atoms with E-state index in [9.17, 15) is 13.2 Å². The Morgan fingerprint density at radius 2 is 1.39 bits per heavy atom. The zero-order chi connectivity index (χ0) is 23.1. The van der Waals surface area contributed by atoms with Gasteiger partial charge >= 0.3 is 0 Å². The molecule has 4 heterocycles. The van der Waals surface area contributed by atoms with Gasteiger partial charge in [0.1, 0.15) is 0 Å². The molecule has 190 valence electrons. The van der Waals surface area contributed by atoms with E-state index >= 15 is 0 Å². The summed E-state index contributed by atoms with van der Waals surface area (Å²) in [5.74, 6) is -0.198. The number of hydrogen-bond donors (Lipinski definition) is 1. The minimum absolute atomic E-state index is 0.0253. The van der Waals surface area contributed by atoms with Crippen molar-refractivity contribution in [2.75, 3.05) is 65.4 Å². The van der Waals surface area contributed by atoms with Crippen LogP contribution >= 0.6 is 0 Å². The fraction of sp³-hybridized carbons (Fsp3) is 0.958. The number of nitrogens with zero attached hydrogens (tertiary/aromatic N) is 4. The van der Waals surface area contributed by atoms with Crippen molar-refractivity contribution in [2.24, 2.45) is 5.92 Å². The third kappa shape index (κ3) is 6.90. The van der Waals surface area contributed by atoms with Crippen molar-refractivity contribution in [2.45, 2.75) is 76.7 Å². The Labute approximate surface area is 201 Å². The molecule has 4 saturated heterocycles. The van der Waals surface area contributed by atoms with Crippen LogP contribution in [0.2, 0.25) is 0 Å². The van der Waals surface area contributed by atoms with Crippen LogP contribution in [0.1, 0.15) is 70.6 Å². The van der Waals surface area contributed by atoms with Gasteiger partial charge in [0.25, 0.3) is 10.2 Å². The Morgan fingerprint density at radius 3 is 2.09 bits per heavy atom. The van der Waals surface area contributed by atoms with Crippen LogP contribution in [0.5, 0.6) is 0 Å². The van der Waals surface area contributed by atoms with Gasteiger partial charge in [-0.25, -0.2) is 0 Å².